The molecule has 0 aromatic heterocycles. The van der Waals surface area contributed by atoms with Gasteiger partial charge in [0.25, 0.3) is 44.8 Å². The van der Waals surface area contributed by atoms with Crippen LogP contribution in [0.5, 0.6) is 0 Å². The number of rotatable bonds is 35. The van der Waals surface area contributed by atoms with Crippen molar-refractivity contribution in [3.63, 3.8) is 0 Å². The summed E-state index contributed by atoms with van der Waals surface area (Å²) < 4.78 is 37.3. The number of hydrogen-bond acceptors (Lipinski definition) is 27. The zero-order valence-corrected chi connectivity index (χ0v) is 78.3. The van der Waals surface area contributed by atoms with Crippen molar-refractivity contribution in [2.24, 2.45) is 152 Å². The van der Waals surface area contributed by atoms with Gasteiger partial charge in [0.1, 0.15) is 39.1 Å². The maximum Gasteiger partial charge on any atom is 0.451 e. The zero-order chi connectivity index (χ0) is 97.0. The number of hydrogen-bond donors (Lipinski definition) is 22. The summed E-state index contributed by atoms with van der Waals surface area (Å²) in [5, 5.41) is 131. The van der Waals surface area contributed by atoms with E-state index >= 15 is 0 Å². The van der Waals surface area contributed by atoms with E-state index in [2.05, 4.69) is 22.2 Å². The monoisotopic (exact) mass is 1870 g/mol. The minimum Gasteiger partial charge on any atom is -0.480 e. The fourth-order valence-corrected chi connectivity index (χ4v) is 26.1. The summed E-state index contributed by atoms with van der Waals surface area (Å²) in [5.41, 5.74) is 36.5. The van der Waals surface area contributed by atoms with Crippen LogP contribution >= 0.6 is 0 Å². The second kappa shape index (κ2) is 47.6. The second-order valence-electron chi connectivity index (χ2n) is 41.6. The Labute approximate surface area is 775 Å². The number of carboxylic acid groups (broad SMARTS) is 6. The summed E-state index contributed by atoms with van der Waals surface area (Å²) in [6.07, 6.45) is 14.7. The van der Waals surface area contributed by atoms with E-state index in [0.717, 1.165) is 96.0 Å². The van der Waals surface area contributed by atoms with Crippen molar-refractivity contribution >= 4 is 99.7 Å². The summed E-state index contributed by atoms with van der Waals surface area (Å²) in [7, 11) is 0.689. The Morgan fingerprint density at radius 3 is 1.08 bits per heavy atom. The lowest BCUT2D eigenvalue weighted by atomic mass is 9.65. The Morgan fingerprint density at radius 1 is 0.427 bits per heavy atom. The number of nitrogens with two attached hydrogens (primary N) is 8. The van der Waals surface area contributed by atoms with Gasteiger partial charge in [-0.05, 0) is 273 Å². The van der Waals surface area contributed by atoms with Gasteiger partial charge in [0.05, 0.1) is 6.54 Å². The van der Waals surface area contributed by atoms with E-state index in [-0.39, 0.29) is 149 Å². The highest BCUT2D eigenvalue weighted by Gasteiger charge is 2.64. The Kier molecular flexibility index (Phi) is 40.8. The van der Waals surface area contributed by atoms with E-state index in [0.29, 0.717) is 153 Å². The summed E-state index contributed by atoms with van der Waals surface area (Å²) in [4.78, 5) is 103. The molecular formula is C85H156B6FN15O23S. The minimum atomic E-state index is -3.75. The second-order valence-corrected chi connectivity index (χ2v) is 43.2. The van der Waals surface area contributed by atoms with Crippen molar-refractivity contribution in [2.75, 3.05) is 106 Å². The number of benzene rings is 1. The van der Waals surface area contributed by atoms with Crippen LogP contribution in [0.15, 0.2) is 24.3 Å². The molecule has 6 aliphatic carbocycles. The minimum absolute atomic E-state index is 0. The molecule has 131 heavy (non-hydrogen) atoms. The standard InChI is InChI=1S/C18H26BFN2O4.C16H30BN3O4.C13H24BN3O4.C13H25BN2O3.C12H24BN3O5S.C12H23BN2O3.CH4/c20-14-5-3-12(4-6-14)9-22-10-13-8-18(21,17(23)24)16(15(13)11-22)2-1-7-19(25)26;1-17(24)6-4-5-13-12-9-20(14(21)10-19(2)3)8-11(12)7-16(13,18)15(22)23;1-14(21)4-2-3-10-9-7-17(12(15)20)6-8(9)5-13(10,16)11(18)19;1-14(19)5-3-4-11-10-8-16(2)7-9(10)6-13(11,15)12(17)18;1-13(19)4-2-3-10-9-7-16(22(15,20)21)6-8(9)5-12(10,14)11(17)18;1-13(18)4-2-3-10-9-7-15-6-8(9)5-12(10,14)11(16)17;/h3-6,13,15-16,25-26H,1-2,7-11,21H2,(H,23,24);11-13,24H,4-10,18H2,1-3H3,(H,22,23);8-10,21H,2-7,16H2,1H3,(H2,15,20)(H,18,19);9-11,19H,3-8,15H2,1-2H3,(H,17,18);8-10,19H,2-7,14H2,1H3,(H,17,18)(H2,15,20,21);8-10,15,18H,2-7,14H2,1H3,(H,16,17);1H4. The zero-order valence-electron chi connectivity index (χ0n) is 77.5. The maximum absolute atomic E-state index is 13.1. The number of carbonyl (C=O) groups is 8. The maximum atomic E-state index is 13.1. The molecule has 3 amide bonds. The third kappa shape index (κ3) is 27.9. The lowest BCUT2D eigenvalue weighted by Crippen LogP contribution is -2.53. The number of nitrogens with one attached hydrogen (secondary N) is 1. The van der Waals surface area contributed by atoms with Crippen molar-refractivity contribution in [1.29, 1.82) is 0 Å². The van der Waals surface area contributed by atoms with Gasteiger partial charge in [-0.3, -0.25) is 38.5 Å². The van der Waals surface area contributed by atoms with E-state index in [1.54, 1.807) is 51.1 Å². The summed E-state index contributed by atoms with van der Waals surface area (Å²) in [5.74, 6) is -4.15. The van der Waals surface area contributed by atoms with Crippen LogP contribution in [0.1, 0.15) is 129 Å². The number of carbonyl (C=O) groups excluding carboxylic acids is 2. The van der Waals surface area contributed by atoms with Gasteiger partial charge in [-0.2, -0.15) is 12.7 Å². The van der Waals surface area contributed by atoms with E-state index < -0.39 is 106 Å². The Bertz CT molecular complexity index is 4070. The highest BCUT2D eigenvalue weighted by molar-refractivity contribution is 7.86. The Balaban J connectivity index is 0.000000215. The summed E-state index contributed by atoms with van der Waals surface area (Å²) in [6, 6.07) is 5.99. The van der Waals surface area contributed by atoms with Gasteiger partial charge < -0.3 is 131 Å². The van der Waals surface area contributed by atoms with Gasteiger partial charge in [0, 0.05) is 72.0 Å². The molecular weight excluding hydrogens is 1710 g/mol. The quantitative estimate of drug-likeness (QED) is 0.0412. The lowest BCUT2D eigenvalue weighted by molar-refractivity contribution is -0.146. The molecule has 1 aromatic rings. The molecule has 6 saturated carbocycles. The third-order valence-corrected chi connectivity index (χ3v) is 32.6. The van der Waals surface area contributed by atoms with Crippen LogP contribution in [0.25, 0.3) is 0 Å². The predicted octanol–water partition coefficient (Wildman–Crippen LogP) is 0.504. The number of aliphatic carboxylic acids is 6. The number of nitrogens with zero attached hydrogens (tertiary/aromatic N) is 6. The van der Waals surface area contributed by atoms with Crippen LogP contribution in [0.2, 0.25) is 72.0 Å². The largest absolute Gasteiger partial charge is 0.480 e. The molecule has 38 nitrogen and oxygen atoms in total. The number of halogens is 1. The Morgan fingerprint density at radius 2 is 0.733 bits per heavy atom. The number of likely N-dealkylation sites (N-methyl/N-ethyl adjacent to an activating group) is 1. The fourth-order valence-electron chi connectivity index (χ4n) is 25.3. The van der Waals surface area contributed by atoms with Crippen molar-refractivity contribution < 1.29 is 117 Å². The van der Waals surface area contributed by atoms with E-state index in [1.807, 2.05) is 23.9 Å². The molecule has 46 heteroatoms. The molecule has 0 bridgehead atoms. The molecule has 0 radical (unpaired) electrons. The number of urea groups is 1. The first kappa shape index (κ1) is 112. The number of fused-ring (bicyclic) bond motifs is 6. The third-order valence-electron chi connectivity index (χ3n) is 31.6. The first-order valence-electron chi connectivity index (χ1n) is 47.1. The van der Waals surface area contributed by atoms with Gasteiger partial charge in [-0.25, -0.2) is 14.3 Å². The fraction of sp³-hybridized carbons (Fsp3) is 0.835. The normalized spacial score (nSPS) is 34.5. The molecule has 6 heterocycles. The SMILES string of the molecule is C.CB(O)CCCC1C2CN(C(=O)CN(C)C)CC2CC1(N)C(=O)O.CB(O)CCCC1C2CN(C(N)=O)CC2CC1(N)C(=O)O.CB(O)CCCC1C2CN(C)CC2CC1(N)C(=O)O.CB(O)CCCC1C2CN(S(N)(=O)=O)CC2CC1(N)C(=O)O.CB(O)CCCC1C2CNCC2CC1(N)C(=O)O.NC1(C(=O)O)CC2CN(Cc3ccc(F)cc3)CC2C1CCCB(O)O. The smallest absolute Gasteiger partial charge is 0.451 e. The number of amides is 3. The average Bonchev–Trinajstić information content (AvgIpc) is 1.60. The molecule has 24 atom stereocenters. The topological polar surface area (TPSA) is 673 Å². The first-order valence-corrected chi connectivity index (χ1v) is 48.6. The Hall–Kier alpha value is -5.71. The van der Waals surface area contributed by atoms with Gasteiger partial charge >= 0.3 is 49.0 Å². The highest BCUT2D eigenvalue weighted by Crippen LogP contribution is 2.55. The molecule has 6 saturated heterocycles. The number of carboxylic acids is 6. The lowest BCUT2D eigenvalue weighted by Gasteiger charge is -2.31. The molecule has 1 aromatic carbocycles. The summed E-state index contributed by atoms with van der Waals surface area (Å²) >= 11 is 0. The number of likely N-dealkylation sites (tertiary alicyclic amines) is 4. The average molecular weight is 1870 g/mol. The van der Waals surface area contributed by atoms with E-state index in [9.17, 15) is 107 Å². The van der Waals surface area contributed by atoms with Gasteiger partial charge in [-0.1, -0.05) is 92.2 Å². The van der Waals surface area contributed by atoms with E-state index in [4.69, 9.17) is 55.3 Å². The predicted molar refractivity (Wildman–Crippen MR) is 501 cm³/mol. The van der Waals surface area contributed by atoms with Crippen LogP contribution in [0, 0.1) is 112 Å². The molecule has 0 spiro atoms. The first-order chi connectivity index (χ1) is 60.5. The molecule has 24 unspecified atom stereocenters. The van der Waals surface area contributed by atoms with Crippen molar-refractivity contribution in [3.8, 4) is 0 Å². The van der Waals surface area contributed by atoms with Gasteiger partial charge in [0.15, 0.2) is 0 Å². The molecule has 12 aliphatic rings. The van der Waals surface area contributed by atoms with Crippen LogP contribution in [0.3, 0.4) is 0 Å². The molecule has 6 aliphatic heterocycles. The van der Waals surface area contributed by atoms with Crippen LogP contribution in [0.4, 0.5) is 9.18 Å². The van der Waals surface area contributed by atoms with Crippen molar-refractivity contribution in [3.05, 3.63) is 35.6 Å². The summed E-state index contributed by atoms with van der Waals surface area (Å²) in [6.45, 7) is 15.8. The molecule has 30 N–H and O–H groups in total. The van der Waals surface area contributed by atoms with Gasteiger partial charge in [-0.15, -0.1) is 0 Å². The van der Waals surface area contributed by atoms with Crippen molar-refractivity contribution in [2.45, 2.75) is 235 Å². The molecule has 12 fully saturated rings. The molecule has 740 valence electrons. The molecule has 13 rings (SSSR count). The van der Waals surface area contributed by atoms with Crippen molar-refractivity contribution in [1.82, 2.24) is 34.1 Å². The van der Waals surface area contributed by atoms with E-state index in [1.165, 1.54) is 16.4 Å². The highest BCUT2D eigenvalue weighted by atomic mass is 32.2. The van der Waals surface area contributed by atoms with Gasteiger partial charge in [0.2, 0.25) is 5.91 Å². The van der Waals surface area contributed by atoms with Crippen LogP contribution in [-0.4, -0.2) is 332 Å². The number of primary amides is 1. The van der Waals surface area contributed by atoms with Crippen LogP contribution < -0.4 is 50.6 Å². The van der Waals surface area contributed by atoms with Crippen LogP contribution in [-0.2, 0) is 50.3 Å².